The summed E-state index contributed by atoms with van der Waals surface area (Å²) < 4.78 is 30.2. The van der Waals surface area contributed by atoms with Crippen molar-refractivity contribution in [3.63, 3.8) is 0 Å². The topological polar surface area (TPSA) is 39.4 Å². The zero-order chi connectivity index (χ0) is 10.1. The quantitative estimate of drug-likeness (QED) is 0.833. The maximum Gasteiger partial charge on any atom is 0.388 e. The van der Waals surface area contributed by atoms with E-state index in [-0.39, 0.29) is 5.88 Å². The zero-order valence-corrected chi connectivity index (χ0v) is 8.28. The second-order valence-electron chi connectivity index (χ2n) is 2.42. The van der Waals surface area contributed by atoms with Gasteiger partial charge in [0.15, 0.2) is 5.65 Å². The van der Waals surface area contributed by atoms with Crippen LogP contribution in [0.15, 0.2) is 22.9 Å². The summed E-state index contributed by atoms with van der Waals surface area (Å²) in [5, 5.41) is 7.32. The van der Waals surface area contributed by atoms with Gasteiger partial charge in [-0.1, -0.05) is 0 Å². The van der Waals surface area contributed by atoms with Gasteiger partial charge >= 0.3 is 6.61 Å². The van der Waals surface area contributed by atoms with E-state index < -0.39 is 6.61 Å². The molecule has 0 saturated heterocycles. The van der Waals surface area contributed by atoms with E-state index in [1.807, 2.05) is 0 Å². The first-order valence-corrected chi connectivity index (χ1v) is 4.41. The number of rotatable bonds is 2. The largest absolute Gasteiger partial charge is 0.418 e. The Labute approximate surface area is 85.6 Å². The summed E-state index contributed by atoms with van der Waals surface area (Å²) in [6, 6.07) is 2.98. The molecule has 0 bridgehead atoms. The van der Waals surface area contributed by atoms with Crippen LogP contribution in [-0.2, 0) is 0 Å². The highest BCUT2D eigenvalue weighted by Crippen LogP contribution is 2.22. The maximum absolute atomic E-state index is 12.0. The average Bonchev–Trinajstić information content (AvgIpc) is 2.58. The summed E-state index contributed by atoms with van der Waals surface area (Å²) in [4.78, 5) is 0. The van der Waals surface area contributed by atoms with E-state index in [2.05, 4.69) is 30.9 Å². The van der Waals surface area contributed by atoms with E-state index in [0.29, 0.717) is 10.1 Å². The third-order valence-electron chi connectivity index (χ3n) is 1.58. The van der Waals surface area contributed by atoms with Crippen molar-refractivity contribution in [2.45, 2.75) is 6.61 Å². The SMILES string of the molecule is FC(F)Oc1ccc(Br)c2nncn12. The van der Waals surface area contributed by atoms with E-state index in [4.69, 9.17) is 0 Å². The lowest BCUT2D eigenvalue weighted by Gasteiger charge is -2.06. The van der Waals surface area contributed by atoms with Gasteiger partial charge in [0.2, 0.25) is 5.88 Å². The van der Waals surface area contributed by atoms with Gasteiger partial charge in [-0.3, -0.25) is 4.40 Å². The third-order valence-corrected chi connectivity index (χ3v) is 2.20. The lowest BCUT2D eigenvalue weighted by atomic mass is 10.4. The molecule has 0 unspecified atom stereocenters. The summed E-state index contributed by atoms with van der Waals surface area (Å²) in [5.74, 6) is 0.00296. The number of halogens is 3. The molecule has 7 heteroatoms. The molecule has 0 spiro atoms. The predicted molar refractivity (Wildman–Crippen MR) is 47.3 cm³/mol. The molecule has 0 aliphatic heterocycles. The molecule has 0 radical (unpaired) electrons. The van der Waals surface area contributed by atoms with Gasteiger partial charge in [-0.2, -0.15) is 8.78 Å². The summed E-state index contributed by atoms with van der Waals surface area (Å²) in [7, 11) is 0. The minimum Gasteiger partial charge on any atom is -0.418 e. The number of pyridine rings is 1. The molecule has 2 aromatic rings. The first-order chi connectivity index (χ1) is 6.68. The van der Waals surface area contributed by atoms with Gasteiger partial charge in [0.25, 0.3) is 0 Å². The number of fused-ring (bicyclic) bond motifs is 1. The van der Waals surface area contributed by atoms with E-state index in [1.165, 1.54) is 16.8 Å². The van der Waals surface area contributed by atoms with Gasteiger partial charge in [-0.25, -0.2) is 0 Å². The van der Waals surface area contributed by atoms with Gasteiger partial charge < -0.3 is 4.74 Å². The average molecular weight is 264 g/mol. The standard InChI is InChI=1S/C7H4BrF2N3O/c8-4-1-2-5(14-7(9)10)13-3-11-12-6(4)13/h1-3,7H. The lowest BCUT2D eigenvalue weighted by Crippen LogP contribution is -2.05. The number of hydrogen-bond donors (Lipinski definition) is 0. The Morgan fingerprint density at radius 2 is 2.21 bits per heavy atom. The molecular formula is C7H4BrF2N3O. The van der Waals surface area contributed by atoms with Crippen LogP contribution in [0.3, 0.4) is 0 Å². The van der Waals surface area contributed by atoms with Gasteiger partial charge in [-0.15, -0.1) is 10.2 Å². The van der Waals surface area contributed by atoms with Crippen molar-refractivity contribution in [1.82, 2.24) is 14.6 Å². The molecule has 0 N–H and O–H groups in total. The molecule has 2 heterocycles. The number of aromatic nitrogens is 3. The van der Waals surface area contributed by atoms with Gasteiger partial charge in [-0.05, 0) is 22.0 Å². The minimum atomic E-state index is -2.86. The Morgan fingerprint density at radius 3 is 2.93 bits per heavy atom. The Morgan fingerprint density at radius 1 is 1.43 bits per heavy atom. The van der Waals surface area contributed by atoms with Crippen LogP contribution in [0.5, 0.6) is 5.88 Å². The molecule has 0 saturated carbocycles. The number of alkyl halides is 2. The zero-order valence-electron chi connectivity index (χ0n) is 6.69. The van der Waals surface area contributed by atoms with Crippen molar-refractivity contribution < 1.29 is 13.5 Å². The van der Waals surface area contributed by atoms with Crippen molar-refractivity contribution in [3.8, 4) is 5.88 Å². The Bertz CT molecular complexity index is 459. The fourth-order valence-electron chi connectivity index (χ4n) is 1.05. The van der Waals surface area contributed by atoms with Crippen LogP contribution in [0, 0.1) is 0 Å². The normalized spacial score (nSPS) is 11.1. The fourth-order valence-corrected chi connectivity index (χ4v) is 1.45. The molecule has 0 aliphatic carbocycles. The summed E-state index contributed by atoms with van der Waals surface area (Å²) in [6.45, 7) is -2.86. The summed E-state index contributed by atoms with van der Waals surface area (Å²) in [6.07, 6.45) is 1.30. The molecule has 0 atom stereocenters. The third kappa shape index (κ3) is 1.54. The Hall–Kier alpha value is -1.24. The van der Waals surface area contributed by atoms with Crippen molar-refractivity contribution in [2.24, 2.45) is 0 Å². The van der Waals surface area contributed by atoms with Gasteiger partial charge in [0.05, 0.1) is 4.47 Å². The van der Waals surface area contributed by atoms with Crippen molar-refractivity contribution in [1.29, 1.82) is 0 Å². The molecule has 4 nitrogen and oxygen atoms in total. The lowest BCUT2D eigenvalue weighted by molar-refractivity contribution is -0.0536. The van der Waals surface area contributed by atoms with Crippen LogP contribution >= 0.6 is 15.9 Å². The Balaban J connectivity index is 2.55. The van der Waals surface area contributed by atoms with E-state index in [1.54, 1.807) is 6.07 Å². The maximum atomic E-state index is 12.0. The summed E-state index contributed by atoms with van der Waals surface area (Å²) in [5.41, 5.74) is 0.433. The number of ether oxygens (including phenoxy) is 1. The molecule has 2 aromatic heterocycles. The molecule has 0 aliphatic rings. The van der Waals surface area contributed by atoms with Crippen LogP contribution in [0.2, 0.25) is 0 Å². The van der Waals surface area contributed by atoms with Crippen molar-refractivity contribution in [3.05, 3.63) is 22.9 Å². The molecular weight excluding hydrogens is 260 g/mol. The van der Waals surface area contributed by atoms with Crippen molar-refractivity contribution in [2.75, 3.05) is 0 Å². The van der Waals surface area contributed by atoms with Crippen LogP contribution in [-0.4, -0.2) is 21.2 Å². The molecule has 14 heavy (non-hydrogen) atoms. The molecule has 0 amide bonds. The second kappa shape index (κ2) is 3.49. The monoisotopic (exact) mass is 263 g/mol. The van der Waals surface area contributed by atoms with Crippen LogP contribution in [0.1, 0.15) is 0 Å². The molecule has 2 rings (SSSR count). The number of hydrogen-bond acceptors (Lipinski definition) is 3. The molecule has 0 aromatic carbocycles. The highest BCUT2D eigenvalue weighted by molar-refractivity contribution is 9.10. The predicted octanol–water partition coefficient (Wildman–Crippen LogP) is 2.09. The second-order valence-corrected chi connectivity index (χ2v) is 3.28. The minimum absolute atomic E-state index is 0.00296. The molecule has 74 valence electrons. The van der Waals surface area contributed by atoms with Crippen LogP contribution < -0.4 is 4.74 Å². The smallest absolute Gasteiger partial charge is 0.388 e. The fraction of sp³-hybridized carbons (Fsp3) is 0.143. The summed E-state index contributed by atoms with van der Waals surface area (Å²) >= 11 is 3.21. The highest BCUT2D eigenvalue weighted by Gasteiger charge is 2.10. The van der Waals surface area contributed by atoms with E-state index >= 15 is 0 Å². The Kier molecular flexibility index (Phi) is 2.32. The van der Waals surface area contributed by atoms with Crippen LogP contribution in [0.4, 0.5) is 8.78 Å². The molecule has 0 fully saturated rings. The first kappa shape index (κ1) is 9.32. The van der Waals surface area contributed by atoms with Gasteiger partial charge in [0.1, 0.15) is 6.33 Å². The van der Waals surface area contributed by atoms with Crippen molar-refractivity contribution >= 4 is 21.6 Å². The van der Waals surface area contributed by atoms with E-state index in [0.717, 1.165) is 0 Å². The van der Waals surface area contributed by atoms with Gasteiger partial charge in [0, 0.05) is 6.07 Å². The highest BCUT2D eigenvalue weighted by atomic mass is 79.9. The van der Waals surface area contributed by atoms with E-state index in [9.17, 15) is 8.78 Å². The number of nitrogens with zero attached hydrogens (tertiary/aromatic N) is 3. The van der Waals surface area contributed by atoms with Crippen LogP contribution in [0.25, 0.3) is 5.65 Å². The first-order valence-electron chi connectivity index (χ1n) is 3.61.